The molecule has 0 saturated heterocycles. The fraction of sp³-hybridized carbons (Fsp3) is 0.200. The lowest BCUT2D eigenvalue weighted by Gasteiger charge is -1.92. The minimum absolute atomic E-state index is 0.115. The van der Waals surface area contributed by atoms with Crippen molar-refractivity contribution in [3.05, 3.63) is 34.2 Å². The number of hydrogen-bond acceptors (Lipinski definition) is 5. The van der Waals surface area contributed by atoms with Gasteiger partial charge in [0.2, 0.25) is 11.5 Å². The van der Waals surface area contributed by atoms with E-state index in [-0.39, 0.29) is 17.2 Å². The zero-order valence-corrected chi connectivity index (χ0v) is 8.38. The van der Waals surface area contributed by atoms with Gasteiger partial charge in [-0.25, -0.2) is 4.98 Å². The molecule has 0 radical (unpaired) electrons. The van der Waals surface area contributed by atoms with Gasteiger partial charge >= 0.3 is 5.69 Å². The van der Waals surface area contributed by atoms with E-state index in [1.165, 1.54) is 12.1 Å². The number of oxazole rings is 1. The summed E-state index contributed by atoms with van der Waals surface area (Å²) in [6, 6.07) is 6.45. The number of rotatable bonds is 2. The lowest BCUT2D eigenvalue weighted by molar-refractivity contribution is -0.383. The Kier molecular flexibility index (Phi) is 2.29. The molecule has 6 nitrogen and oxygen atoms in total. The summed E-state index contributed by atoms with van der Waals surface area (Å²) in [6.07, 6.45) is 0. The SMILES string of the molecule is CC(C#N)c1nc2cccc([N+](=O)[O-])c2o1. The van der Waals surface area contributed by atoms with Crippen molar-refractivity contribution >= 4 is 16.8 Å². The predicted molar refractivity (Wildman–Crippen MR) is 54.7 cm³/mol. The van der Waals surface area contributed by atoms with E-state index >= 15 is 0 Å². The largest absolute Gasteiger partial charge is 0.432 e. The molecule has 16 heavy (non-hydrogen) atoms. The summed E-state index contributed by atoms with van der Waals surface area (Å²) in [6.45, 7) is 1.62. The van der Waals surface area contributed by atoms with Crippen molar-refractivity contribution in [1.29, 1.82) is 5.26 Å². The first-order chi connectivity index (χ1) is 7.63. The maximum absolute atomic E-state index is 10.7. The van der Waals surface area contributed by atoms with Crippen LogP contribution in [0.5, 0.6) is 0 Å². The van der Waals surface area contributed by atoms with Gasteiger partial charge < -0.3 is 4.42 Å². The Labute approximate surface area is 90.3 Å². The Morgan fingerprint density at radius 2 is 2.38 bits per heavy atom. The van der Waals surface area contributed by atoms with Crippen LogP contribution < -0.4 is 0 Å². The maximum Gasteiger partial charge on any atom is 0.313 e. The molecule has 0 N–H and O–H groups in total. The molecular formula is C10H7N3O3. The molecule has 0 amide bonds. The number of nitrogens with zero attached hydrogens (tertiary/aromatic N) is 3. The number of benzene rings is 1. The summed E-state index contributed by atoms with van der Waals surface area (Å²) in [5.41, 5.74) is 0.372. The number of hydrogen-bond donors (Lipinski definition) is 0. The van der Waals surface area contributed by atoms with Crippen LogP contribution in [0.25, 0.3) is 11.1 Å². The molecule has 0 aliphatic rings. The summed E-state index contributed by atoms with van der Waals surface area (Å²) < 4.78 is 5.24. The monoisotopic (exact) mass is 217 g/mol. The summed E-state index contributed by atoms with van der Waals surface area (Å²) >= 11 is 0. The predicted octanol–water partition coefficient (Wildman–Crippen LogP) is 2.36. The van der Waals surface area contributed by atoms with Crippen LogP contribution >= 0.6 is 0 Å². The van der Waals surface area contributed by atoms with E-state index in [0.717, 1.165) is 0 Å². The van der Waals surface area contributed by atoms with Gasteiger partial charge in [-0.2, -0.15) is 5.26 Å². The van der Waals surface area contributed by atoms with Gasteiger partial charge in [0.25, 0.3) is 0 Å². The molecule has 0 fully saturated rings. The van der Waals surface area contributed by atoms with Crippen LogP contribution in [0.15, 0.2) is 22.6 Å². The van der Waals surface area contributed by atoms with Gasteiger partial charge in [0, 0.05) is 6.07 Å². The topological polar surface area (TPSA) is 93.0 Å². The smallest absolute Gasteiger partial charge is 0.313 e. The highest BCUT2D eigenvalue weighted by Crippen LogP contribution is 2.28. The van der Waals surface area contributed by atoms with Crippen LogP contribution in [0.1, 0.15) is 18.7 Å². The molecule has 0 aliphatic carbocycles. The van der Waals surface area contributed by atoms with E-state index in [0.29, 0.717) is 5.52 Å². The molecule has 80 valence electrons. The third-order valence-corrected chi connectivity index (χ3v) is 2.17. The van der Waals surface area contributed by atoms with Crippen molar-refractivity contribution in [2.45, 2.75) is 12.8 Å². The van der Waals surface area contributed by atoms with Crippen molar-refractivity contribution in [3.63, 3.8) is 0 Å². The van der Waals surface area contributed by atoms with Gasteiger partial charge in [-0.05, 0) is 13.0 Å². The van der Waals surface area contributed by atoms with Gasteiger partial charge in [0.05, 0.1) is 11.0 Å². The second-order valence-corrected chi connectivity index (χ2v) is 3.29. The second-order valence-electron chi connectivity index (χ2n) is 3.29. The second kappa shape index (κ2) is 3.62. The Bertz CT molecular complexity index is 597. The molecule has 0 bridgehead atoms. The third kappa shape index (κ3) is 1.48. The van der Waals surface area contributed by atoms with Crippen molar-refractivity contribution in [1.82, 2.24) is 4.98 Å². The number of nitro groups is 1. The molecule has 1 aromatic heterocycles. The summed E-state index contributed by atoms with van der Waals surface area (Å²) in [4.78, 5) is 14.2. The number of fused-ring (bicyclic) bond motifs is 1. The van der Waals surface area contributed by atoms with E-state index in [2.05, 4.69) is 4.98 Å². The molecule has 1 aromatic carbocycles. The van der Waals surface area contributed by atoms with Crippen molar-refractivity contribution in [2.75, 3.05) is 0 Å². The van der Waals surface area contributed by atoms with Gasteiger partial charge in [-0.1, -0.05) is 6.07 Å². The molecule has 2 rings (SSSR count). The first-order valence-corrected chi connectivity index (χ1v) is 4.57. The number of aromatic nitrogens is 1. The van der Waals surface area contributed by atoms with Crippen LogP contribution in [0.3, 0.4) is 0 Å². The first kappa shape index (κ1) is 10.1. The Balaban J connectivity index is 2.67. The van der Waals surface area contributed by atoms with Crippen LogP contribution in [0.4, 0.5) is 5.69 Å². The molecule has 2 aromatic rings. The molecule has 0 saturated carbocycles. The summed E-state index contributed by atoms with van der Waals surface area (Å²) in [7, 11) is 0. The number of para-hydroxylation sites is 1. The number of nitro benzene ring substituents is 1. The maximum atomic E-state index is 10.7. The van der Waals surface area contributed by atoms with Gasteiger partial charge in [-0.15, -0.1) is 0 Å². The van der Waals surface area contributed by atoms with E-state index in [9.17, 15) is 10.1 Å². The zero-order chi connectivity index (χ0) is 11.7. The lowest BCUT2D eigenvalue weighted by atomic mass is 10.2. The third-order valence-electron chi connectivity index (χ3n) is 2.17. The van der Waals surface area contributed by atoms with Crippen molar-refractivity contribution < 1.29 is 9.34 Å². The molecule has 0 aliphatic heterocycles. The fourth-order valence-electron chi connectivity index (χ4n) is 1.34. The van der Waals surface area contributed by atoms with Crippen LogP contribution in [0, 0.1) is 21.4 Å². The Morgan fingerprint density at radius 3 is 3.00 bits per heavy atom. The molecule has 1 heterocycles. The molecule has 1 unspecified atom stereocenters. The average molecular weight is 217 g/mol. The highest BCUT2D eigenvalue weighted by atomic mass is 16.6. The molecular weight excluding hydrogens is 210 g/mol. The number of non-ortho nitro benzene ring substituents is 1. The minimum atomic E-state index is -0.533. The number of nitriles is 1. The quantitative estimate of drug-likeness (QED) is 0.568. The van der Waals surface area contributed by atoms with Crippen LogP contribution in [-0.2, 0) is 0 Å². The normalized spacial score (nSPS) is 12.2. The van der Waals surface area contributed by atoms with E-state index in [1.807, 2.05) is 6.07 Å². The van der Waals surface area contributed by atoms with Gasteiger partial charge in [0.1, 0.15) is 11.4 Å². The fourth-order valence-corrected chi connectivity index (χ4v) is 1.34. The highest BCUT2D eigenvalue weighted by molar-refractivity contribution is 5.82. The van der Waals surface area contributed by atoms with E-state index < -0.39 is 10.8 Å². The molecule has 1 atom stereocenters. The standard InChI is InChI=1S/C10H7N3O3/c1-6(5-11)10-12-7-3-2-4-8(13(14)15)9(7)16-10/h2-4,6H,1H3. The van der Waals surface area contributed by atoms with Gasteiger partial charge in [-0.3, -0.25) is 10.1 Å². The van der Waals surface area contributed by atoms with Crippen LogP contribution in [-0.4, -0.2) is 9.91 Å². The Hall–Kier alpha value is -2.42. The molecule has 0 spiro atoms. The first-order valence-electron chi connectivity index (χ1n) is 4.57. The summed E-state index contributed by atoms with van der Waals surface area (Å²) in [5, 5.41) is 19.4. The lowest BCUT2D eigenvalue weighted by Crippen LogP contribution is -1.87. The minimum Gasteiger partial charge on any atom is -0.432 e. The van der Waals surface area contributed by atoms with Gasteiger partial charge in [0.15, 0.2) is 0 Å². The average Bonchev–Trinajstić information content (AvgIpc) is 2.70. The Morgan fingerprint density at radius 1 is 1.62 bits per heavy atom. The highest BCUT2D eigenvalue weighted by Gasteiger charge is 2.19. The zero-order valence-electron chi connectivity index (χ0n) is 8.38. The van der Waals surface area contributed by atoms with Crippen molar-refractivity contribution in [2.24, 2.45) is 0 Å². The summed E-state index contributed by atoms with van der Waals surface area (Å²) in [5.74, 6) is -0.321. The van der Waals surface area contributed by atoms with E-state index in [4.69, 9.17) is 9.68 Å². The molecule has 6 heteroatoms. The van der Waals surface area contributed by atoms with Crippen LogP contribution in [0.2, 0.25) is 0 Å². The van der Waals surface area contributed by atoms with E-state index in [1.54, 1.807) is 13.0 Å². The van der Waals surface area contributed by atoms with Crippen molar-refractivity contribution in [3.8, 4) is 6.07 Å².